The second kappa shape index (κ2) is 1.98. The molecule has 0 aromatic carbocycles. The van der Waals surface area contributed by atoms with Crippen LogP contribution < -0.4 is 5.59 Å². The molecule has 0 fully saturated rings. The summed E-state index contributed by atoms with van der Waals surface area (Å²) in [6.07, 6.45) is 2.74. The van der Waals surface area contributed by atoms with Gasteiger partial charge in [0.1, 0.15) is 0 Å². The van der Waals surface area contributed by atoms with Crippen LogP contribution in [0, 0.1) is 0 Å². The van der Waals surface area contributed by atoms with E-state index in [1.54, 1.807) is 0 Å². The summed E-state index contributed by atoms with van der Waals surface area (Å²) in [6, 6.07) is 0. The van der Waals surface area contributed by atoms with E-state index < -0.39 is 7.12 Å². The van der Waals surface area contributed by atoms with Gasteiger partial charge in [-0.1, -0.05) is 0 Å². The van der Waals surface area contributed by atoms with E-state index in [4.69, 9.17) is 10.0 Å². The average Bonchev–Trinajstić information content (AvgIpc) is 2.12. The molecule has 3 N–H and O–H groups in total. The van der Waals surface area contributed by atoms with E-state index >= 15 is 0 Å². The molecule has 0 spiro atoms. The monoisotopic (exact) mass is 112 g/mol. The third kappa shape index (κ3) is 0.880. The molecule has 0 amide bonds. The quantitative estimate of drug-likeness (QED) is 0.371. The highest BCUT2D eigenvalue weighted by molar-refractivity contribution is 6.57. The van der Waals surface area contributed by atoms with Gasteiger partial charge in [-0.25, -0.2) is 4.98 Å². The zero-order chi connectivity index (χ0) is 5.98. The lowest BCUT2D eigenvalue weighted by atomic mass is 9.87. The van der Waals surface area contributed by atoms with Crippen molar-refractivity contribution in [1.82, 2.24) is 9.97 Å². The molecule has 5 heteroatoms. The first-order valence-corrected chi connectivity index (χ1v) is 2.15. The van der Waals surface area contributed by atoms with Crippen molar-refractivity contribution in [3.63, 3.8) is 0 Å². The van der Waals surface area contributed by atoms with Gasteiger partial charge in [-0.3, -0.25) is 0 Å². The minimum absolute atomic E-state index is 0.310. The van der Waals surface area contributed by atoms with E-state index in [9.17, 15) is 0 Å². The molecule has 1 aromatic rings. The Kier molecular flexibility index (Phi) is 1.32. The van der Waals surface area contributed by atoms with Gasteiger partial charge in [0.25, 0.3) is 0 Å². The predicted octanol–water partition coefficient (Wildman–Crippen LogP) is -1.91. The maximum absolute atomic E-state index is 8.40. The molecule has 0 atom stereocenters. The molecule has 0 saturated carbocycles. The number of imidazole rings is 1. The minimum atomic E-state index is -1.43. The highest BCUT2D eigenvalue weighted by atomic mass is 16.4. The van der Waals surface area contributed by atoms with Gasteiger partial charge in [0.05, 0.1) is 11.9 Å². The Morgan fingerprint density at radius 3 is 2.62 bits per heavy atom. The van der Waals surface area contributed by atoms with Crippen LogP contribution >= 0.6 is 0 Å². The summed E-state index contributed by atoms with van der Waals surface area (Å²) in [5.41, 5.74) is 0.310. The van der Waals surface area contributed by atoms with Gasteiger partial charge in [-0.05, 0) is 0 Å². The van der Waals surface area contributed by atoms with Crippen LogP contribution in [0.5, 0.6) is 0 Å². The topological polar surface area (TPSA) is 69.1 Å². The molecule has 1 aromatic heterocycles. The van der Waals surface area contributed by atoms with Gasteiger partial charge in [-0.2, -0.15) is 0 Å². The third-order valence-electron chi connectivity index (χ3n) is 0.798. The number of nitrogens with zero attached hydrogens (tertiary/aromatic N) is 1. The van der Waals surface area contributed by atoms with Gasteiger partial charge in [-0.15, -0.1) is 0 Å². The molecule has 0 saturated heterocycles. The molecule has 8 heavy (non-hydrogen) atoms. The van der Waals surface area contributed by atoms with Gasteiger partial charge >= 0.3 is 7.12 Å². The van der Waals surface area contributed by atoms with E-state index in [0.29, 0.717) is 5.59 Å². The second-order valence-electron chi connectivity index (χ2n) is 1.38. The standard InChI is InChI=1S/C3H5BN2O2/c7-4(8)3-1-5-2-6-3/h1-2,7-8H,(H,5,6). The smallest absolute Gasteiger partial charge is 0.422 e. The highest BCUT2D eigenvalue weighted by Crippen LogP contribution is 1.69. The van der Waals surface area contributed by atoms with Gasteiger partial charge in [0, 0.05) is 6.20 Å². The van der Waals surface area contributed by atoms with E-state index in [1.165, 1.54) is 12.5 Å². The zero-order valence-corrected chi connectivity index (χ0v) is 4.07. The molecule has 1 rings (SSSR count). The lowest BCUT2D eigenvalue weighted by Gasteiger charge is -1.87. The van der Waals surface area contributed by atoms with Crippen LogP contribution in [0.4, 0.5) is 0 Å². The van der Waals surface area contributed by atoms with Gasteiger partial charge in [0.2, 0.25) is 0 Å². The van der Waals surface area contributed by atoms with Crippen molar-refractivity contribution in [2.75, 3.05) is 0 Å². The first-order valence-electron chi connectivity index (χ1n) is 2.15. The number of nitrogens with one attached hydrogen (secondary N) is 1. The van der Waals surface area contributed by atoms with Crippen LogP contribution in [0.2, 0.25) is 0 Å². The number of hydrogen-bond acceptors (Lipinski definition) is 3. The number of rotatable bonds is 1. The van der Waals surface area contributed by atoms with Crippen molar-refractivity contribution < 1.29 is 10.0 Å². The summed E-state index contributed by atoms with van der Waals surface area (Å²) >= 11 is 0. The number of aromatic amines is 1. The van der Waals surface area contributed by atoms with Crippen molar-refractivity contribution in [1.29, 1.82) is 0 Å². The van der Waals surface area contributed by atoms with Crippen LogP contribution in [0.15, 0.2) is 12.5 Å². The number of aromatic nitrogens is 2. The van der Waals surface area contributed by atoms with Crippen molar-refractivity contribution in [3.05, 3.63) is 12.5 Å². The fourth-order valence-electron chi connectivity index (χ4n) is 0.408. The van der Waals surface area contributed by atoms with Crippen LogP contribution in [0.1, 0.15) is 0 Å². The maximum atomic E-state index is 8.40. The average molecular weight is 112 g/mol. The van der Waals surface area contributed by atoms with Crippen LogP contribution in [-0.2, 0) is 0 Å². The Morgan fingerprint density at radius 1 is 1.62 bits per heavy atom. The first kappa shape index (κ1) is 5.33. The summed E-state index contributed by atoms with van der Waals surface area (Å²) in [4.78, 5) is 6.09. The lowest BCUT2D eigenvalue weighted by Crippen LogP contribution is -2.30. The molecule has 0 bridgehead atoms. The first-order chi connectivity index (χ1) is 3.80. The lowest BCUT2D eigenvalue weighted by molar-refractivity contribution is 0.424. The molecular formula is C3H5BN2O2. The molecular weight excluding hydrogens is 107 g/mol. The zero-order valence-electron chi connectivity index (χ0n) is 4.07. The van der Waals surface area contributed by atoms with E-state index in [0.717, 1.165) is 0 Å². The van der Waals surface area contributed by atoms with E-state index in [-0.39, 0.29) is 0 Å². The second-order valence-corrected chi connectivity index (χ2v) is 1.38. The normalized spacial score (nSPS) is 9.25. The summed E-state index contributed by atoms with van der Waals surface area (Å²) in [5.74, 6) is 0. The molecule has 0 aliphatic rings. The molecule has 0 aliphatic carbocycles. The molecule has 1 heterocycles. The Labute approximate surface area is 46.3 Å². The summed E-state index contributed by atoms with van der Waals surface area (Å²) in [5, 5.41) is 16.8. The Hall–Kier alpha value is -0.805. The van der Waals surface area contributed by atoms with Crippen molar-refractivity contribution in [2.24, 2.45) is 0 Å². The van der Waals surface area contributed by atoms with E-state index in [2.05, 4.69) is 9.97 Å². The maximum Gasteiger partial charge on any atom is 0.507 e. The van der Waals surface area contributed by atoms with Crippen molar-refractivity contribution >= 4 is 12.7 Å². The minimum Gasteiger partial charge on any atom is -0.422 e. The fourth-order valence-corrected chi connectivity index (χ4v) is 0.408. The Bertz CT molecular complexity index is 150. The molecule has 4 nitrogen and oxygen atoms in total. The van der Waals surface area contributed by atoms with Crippen LogP contribution in [0.25, 0.3) is 0 Å². The summed E-state index contributed by atoms with van der Waals surface area (Å²) in [6.45, 7) is 0. The summed E-state index contributed by atoms with van der Waals surface area (Å²) in [7, 11) is -1.43. The SMILES string of the molecule is OB(O)c1cnc[nH]1. The molecule has 0 aliphatic heterocycles. The number of H-pyrrole nitrogens is 1. The fraction of sp³-hybridized carbons (Fsp3) is 0. The van der Waals surface area contributed by atoms with Crippen LogP contribution in [-0.4, -0.2) is 27.1 Å². The van der Waals surface area contributed by atoms with E-state index in [1.807, 2.05) is 0 Å². The summed E-state index contributed by atoms with van der Waals surface area (Å²) < 4.78 is 0. The van der Waals surface area contributed by atoms with Gasteiger partial charge in [0.15, 0.2) is 0 Å². The van der Waals surface area contributed by atoms with Crippen LogP contribution in [0.3, 0.4) is 0 Å². The van der Waals surface area contributed by atoms with Gasteiger partial charge < -0.3 is 15.0 Å². The Morgan fingerprint density at radius 2 is 2.38 bits per heavy atom. The third-order valence-corrected chi connectivity index (χ3v) is 0.798. The van der Waals surface area contributed by atoms with Crippen molar-refractivity contribution in [2.45, 2.75) is 0 Å². The number of hydrogen-bond donors (Lipinski definition) is 3. The Balaban J connectivity index is 2.77. The predicted molar refractivity (Wildman–Crippen MR) is 28.4 cm³/mol. The largest absolute Gasteiger partial charge is 0.507 e. The molecule has 0 unspecified atom stereocenters. The highest BCUT2D eigenvalue weighted by Gasteiger charge is 2.10. The molecule has 0 radical (unpaired) electrons. The van der Waals surface area contributed by atoms with Crippen molar-refractivity contribution in [3.8, 4) is 0 Å². The molecule has 42 valence electrons.